The number of carboxylic acid groups (broad SMARTS) is 2. The van der Waals surface area contributed by atoms with Gasteiger partial charge in [0.15, 0.2) is 0 Å². The third-order valence-corrected chi connectivity index (χ3v) is 2.70. The molecule has 1 aromatic carbocycles. The molecule has 0 amide bonds. The number of benzene rings is 1. The average molecular weight is 324 g/mol. The van der Waals surface area contributed by atoms with Gasteiger partial charge in [-0.2, -0.15) is 0 Å². The lowest BCUT2D eigenvalue weighted by atomic mass is 10.1. The second kappa shape index (κ2) is 3.93. The van der Waals surface area contributed by atoms with Crippen molar-refractivity contribution in [2.45, 2.75) is 0 Å². The number of carbonyl (C=O) groups is 2. The van der Waals surface area contributed by atoms with E-state index in [2.05, 4.69) is 0 Å². The summed E-state index contributed by atoms with van der Waals surface area (Å²) in [6.07, 6.45) is 0. The zero-order valence-electron chi connectivity index (χ0n) is 7.06. The van der Waals surface area contributed by atoms with Gasteiger partial charge in [0.2, 0.25) is 0 Å². The van der Waals surface area contributed by atoms with E-state index in [0.717, 1.165) is 0 Å². The van der Waals surface area contributed by atoms with Gasteiger partial charge in [0, 0.05) is 0 Å². The van der Waals surface area contributed by atoms with Crippen molar-refractivity contribution >= 4 is 34.5 Å². The summed E-state index contributed by atoms with van der Waals surface area (Å²) in [7, 11) is 0. The summed E-state index contributed by atoms with van der Waals surface area (Å²) in [5.74, 6) is -4.22. The number of aromatic hydroxyl groups is 2. The van der Waals surface area contributed by atoms with Crippen LogP contribution in [0.2, 0.25) is 0 Å². The van der Waals surface area contributed by atoms with Crippen LogP contribution in [-0.2, 0) is 0 Å². The molecule has 0 saturated heterocycles. The van der Waals surface area contributed by atoms with E-state index in [9.17, 15) is 19.8 Å². The third kappa shape index (κ3) is 1.96. The van der Waals surface area contributed by atoms with Gasteiger partial charge in [-0.05, 0) is 28.7 Å². The second-order valence-electron chi connectivity index (χ2n) is 2.59. The third-order valence-electron chi connectivity index (χ3n) is 1.68. The minimum atomic E-state index is -1.46. The van der Waals surface area contributed by atoms with Gasteiger partial charge in [0.1, 0.15) is 22.6 Å². The van der Waals surface area contributed by atoms with Gasteiger partial charge in [-0.1, -0.05) is 0 Å². The van der Waals surface area contributed by atoms with E-state index < -0.39 is 34.6 Å². The average Bonchev–Trinajstić information content (AvgIpc) is 2.13. The molecule has 0 saturated carbocycles. The Morgan fingerprint density at radius 2 is 1.33 bits per heavy atom. The van der Waals surface area contributed by atoms with Crippen LogP contribution < -0.4 is 0 Å². The molecule has 0 aliphatic carbocycles. The Hall–Kier alpha value is -1.51. The van der Waals surface area contributed by atoms with Gasteiger partial charge in [-0.3, -0.25) is 0 Å². The molecule has 80 valence electrons. The topological polar surface area (TPSA) is 115 Å². The second-order valence-corrected chi connectivity index (χ2v) is 3.67. The predicted octanol–water partition coefficient (Wildman–Crippen LogP) is 1.10. The molecule has 0 atom stereocenters. The zero-order valence-corrected chi connectivity index (χ0v) is 9.22. The SMILES string of the molecule is O=C(O)c1cc(C(=O)O)c(O)c(I)c1O. The van der Waals surface area contributed by atoms with Crippen molar-refractivity contribution < 1.29 is 30.0 Å². The Morgan fingerprint density at radius 1 is 1.00 bits per heavy atom. The molecule has 6 nitrogen and oxygen atoms in total. The molecule has 1 aromatic rings. The molecule has 0 aromatic heterocycles. The van der Waals surface area contributed by atoms with Crippen molar-refractivity contribution in [3.05, 3.63) is 20.8 Å². The lowest BCUT2D eigenvalue weighted by molar-refractivity contribution is 0.0693. The zero-order chi connectivity index (χ0) is 11.7. The maximum atomic E-state index is 10.6. The van der Waals surface area contributed by atoms with E-state index >= 15 is 0 Å². The van der Waals surface area contributed by atoms with E-state index in [1.165, 1.54) is 22.6 Å². The standard InChI is InChI=1S/C8H5IO6/c9-4-5(10)2(7(12)13)1-3(6(4)11)8(14)15/h1,10-11H,(H,12,13)(H,14,15). The number of carboxylic acids is 2. The van der Waals surface area contributed by atoms with E-state index in [4.69, 9.17) is 10.2 Å². The molecule has 0 bridgehead atoms. The Morgan fingerprint density at radius 3 is 1.60 bits per heavy atom. The van der Waals surface area contributed by atoms with E-state index in [-0.39, 0.29) is 3.57 Å². The molecule has 0 aliphatic heterocycles. The lowest BCUT2D eigenvalue weighted by Crippen LogP contribution is -2.04. The van der Waals surface area contributed by atoms with Gasteiger partial charge in [-0.25, -0.2) is 9.59 Å². The highest BCUT2D eigenvalue weighted by Crippen LogP contribution is 2.35. The molecule has 0 radical (unpaired) electrons. The molecule has 15 heavy (non-hydrogen) atoms. The van der Waals surface area contributed by atoms with Crippen molar-refractivity contribution in [1.29, 1.82) is 0 Å². The van der Waals surface area contributed by atoms with Crippen LogP contribution in [-0.4, -0.2) is 32.4 Å². The highest BCUT2D eigenvalue weighted by molar-refractivity contribution is 14.1. The van der Waals surface area contributed by atoms with Crippen molar-refractivity contribution in [1.82, 2.24) is 0 Å². The summed E-state index contributed by atoms with van der Waals surface area (Å²) < 4.78 is -0.204. The van der Waals surface area contributed by atoms with Gasteiger partial charge in [0.05, 0.1) is 3.57 Å². The van der Waals surface area contributed by atoms with Crippen LogP contribution in [0.1, 0.15) is 20.7 Å². The molecular weight excluding hydrogens is 319 g/mol. The first kappa shape index (κ1) is 11.6. The minimum absolute atomic E-state index is 0.204. The van der Waals surface area contributed by atoms with Crippen molar-refractivity contribution in [3.8, 4) is 11.5 Å². The van der Waals surface area contributed by atoms with Crippen LogP contribution in [0.25, 0.3) is 0 Å². The van der Waals surface area contributed by atoms with E-state index in [1.54, 1.807) is 0 Å². The molecule has 1 rings (SSSR count). The van der Waals surface area contributed by atoms with Gasteiger partial charge in [-0.15, -0.1) is 0 Å². The number of hydrogen-bond donors (Lipinski definition) is 4. The summed E-state index contributed by atoms with van der Waals surface area (Å²) in [4.78, 5) is 21.2. The fourth-order valence-electron chi connectivity index (χ4n) is 0.956. The Labute approximate surface area is 96.9 Å². The van der Waals surface area contributed by atoms with Gasteiger partial charge in [0.25, 0.3) is 0 Å². The lowest BCUT2D eigenvalue weighted by Gasteiger charge is -2.07. The summed E-state index contributed by atoms with van der Waals surface area (Å²) in [6.45, 7) is 0. The smallest absolute Gasteiger partial charge is 0.339 e. The fourth-order valence-corrected chi connectivity index (χ4v) is 1.54. The molecule has 0 unspecified atom stereocenters. The maximum Gasteiger partial charge on any atom is 0.339 e. The summed E-state index contributed by atoms with van der Waals surface area (Å²) in [6, 6.07) is 0.706. The highest BCUT2D eigenvalue weighted by atomic mass is 127. The predicted molar refractivity (Wildman–Crippen MR) is 56.4 cm³/mol. The van der Waals surface area contributed by atoms with Crippen molar-refractivity contribution in [2.24, 2.45) is 0 Å². The number of halogens is 1. The molecular formula is C8H5IO6. The number of phenols is 2. The van der Waals surface area contributed by atoms with Crippen LogP contribution >= 0.6 is 22.6 Å². The summed E-state index contributed by atoms with van der Waals surface area (Å²) >= 11 is 1.46. The Bertz CT molecular complexity index is 415. The van der Waals surface area contributed by atoms with Crippen LogP contribution in [0.3, 0.4) is 0 Å². The normalized spacial score (nSPS) is 9.93. The summed E-state index contributed by atoms with van der Waals surface area (Å²) in [5, 5.41) is 35.9. The molecule has 0 aliphatic rings. The van der Waals surface area contributed by atoms with Crippen LogP contribution in [0.15, 0.2) is 6.07 Å². The minimum Gasteiger partial charge on any atom is -0.506 e. The van der Waals surface area contributed by atoms with E-state index in [1.807, 2.05) is 0 Å². The van der Waals surface area contributed by atoms with Gasteiger partial charge >= 0.3 is 11.9 Å². The molecule has 0 spiro atoms. The number of aromatic carboxylic acids is 2. The Balaban J connectivity index is 3.59. The maximum absolute atomic E-state index is 10.6. The molecule has 0 fully saturated rings. The number of rotatable bonds is 2. The van der Waals surface area contributed by atoms with Crippen LogP contribution in [0, 0.1) is 3.57 Å². The summed E-state index contributed by atoms with van der Waals surface area (Å²) in [5.41, 5.74) is -1.12. The van der Waals surface area contributed by atoms with Crippen molar-refractivity contribution in [3.63, 3.8) is 0 Å². The van der Waals surface area contributed by atoms with Crippen LogP contribution in [0.4, 0.5) is 0 Å². The first-order valence-corrected chi connectivity index (χ1v) is 4.65. The molecule has 7 heteroatoms. The van der Waals surface area contributed by atoms with Crippen LogP contribution in [0.5, 0.6) is 11.5 Å². The van der Waals surface area contributed by atoms with E-state index in [0.29, 0.717) is 6.07 Å². The quantitative estimate of drug-likeness (QED) is 0.606. The Kier molecular flexibility index (Phi) is 3.03. The largest absolute Gasteiger partial charge is 0.506 e. The first-order chi connectivity index (χ1) is 6.86. The van der Waals surface area contributed by atoms with Crippen molar-refractivity contribution in [2.75, 3.05) is 0 Å². The highest BCUT2D eigenvalue weighted by Gasteiger charge is 2.22. The fraction of sp³-hybridized carbons (Fsp3) is 0. The molecule has 4 N–H and O–H groups in total. The van der Waals surface area contributed by atoms with Gasteiger partial charge < -0.3 is 20.4 Å². The first-order valence-electron chi connectivity index (χ1n) is 3.57. The molecule has 0 heterocycles. The number of hydrogen-bond acceptors (Lipinski definition) is 4. The monoisotopic (exact) mass is 324 g/mol.